The van der Waals surface area contributed by atoms with Crippen LogP contribution in [-0.4, -0.2) is 54.1 Å². The van der Waals surface area contributed by atoms with Gasteiger partial charge in [0.25, 0.3) is 0 Å². The van der Waals surface area contributed by atoms with Gasteiger partial charge in [0, 0.05) is 31.9 Å². The Hall–Kier alpha value is -2.75. The Bertz CT molecular complexity index is 654. The van der Waals surface area contributed by atoms with Crippen molar-refractivity contribution in [3.05, 3.63) is 29.8 Å². The third-order valence-corrected chi connectivity index (χ3v) is 4.26. The van der Waals surface area contributed by atoms with Crippen LogP contribution in [-0.2, 0) is 0 Å². The van der Waals surface area contributed by atoms with Crippen LogP contribution < -0.4 is 10.6 Å². The van der Waals surface area contributed by atoms with E-state index in [2.05, 4.69) is 16.7 Å². The topological polar surface area (TPSA) is 88.5 Å². The van der Waals surface area contributed by atoms with Crippen molar-refractivity contribution in [2.24, 2.45) is 0 Å². The molecule has 7 heteroatoms. The molecule has 0 aromatic heterocycles. The van der Waals surface area contributed by atoms with E-state index in [-0.39, 0.29) is 18.1 Å². The number of carbonyl (C=O) groups excluding carboxylic acids is 2. The molecule has 23 heavy (non-hydrogen) atoms. The van der Waals surface area contributed by atoms with Gasteiger partial charge in [-0.15, -0.1) is 0 Å². The van der Waals surface area contributed by atoms with E-state index in [1.165, 1.54) is 0 Å². The van der Waals surface area contributed by atoms with Crippen molar-refractivity contribution in [1.82, 2.24) is 15.1 Å². The minimum atomic E-state index is -0.190. The number of rotatable bonds is 2. The first-order valence-electron chi connectivity index (χ1n) is 7.78. The molecule has 2 saturated heterocycles. The smallest absolute Gasteiger partial charge is 0.321 e. The van der Waals surface area contributed by atoms with E-state index < -0.39 is 0 Å². The van der Waals surface area contributed by atoms with Gasteiger partial charge in [0.05, 0.1) is 17.7 Å². The lowest BCUT2D eigenvalue weighted by atomic mass is 10.0. The Balaban J connectivity index is 1.62. The van der Waals surface area contributed by atoms with Crippen LogP contribution in [0.2, 0.25) is 0 Å². The molecule has 2 N–H and O–H groups in total. The van der Waals surface area contributed by atoms with Crippen LogP contribution in [0, 0.1) is 11.3 Å². The SMILES string of the molecule is N#Cc1cccc(NC(=O)N2CCC[C@@H](N3CCNC3=O)C2)c1. The van der Waals surface area contributed by atoms with Crippen LogP contribution in [0.3, 0.4) is 0 Å². The summed E-state index contributed by atoms with van der Waals surface area (Å²) >= 11 is 0. The number of nitriles is 1. The van der Waals surface area contributed by atoms with Crippen molar-refractivity contribution in [3.8, 4) is 6.07 Å². The van der Waals surface area contributed by atoms with E-state index in [0.29, 0.717) is 37.4 Å². The van der Waals surface area contributed by atoms with Gasteiger partial charge in [0.2, 0.25) is 0 Å². The number of hydrogen-bond donors (Lipinski definition) is 2. The van der Waals surface area contributed by atoms with Gasteiger partial charge < -0.3 is 20.4 Å². The number of benzene rings is 1. The lowest BCUT2D eigenvalue weighted by molar-refractivity contribution is 0.139. The summed E-state index contributed by atoms with van der Waals surface area (Å²) in [6, 6.07) is 8.73. The third-order valence-electron chi connectivity index (χ3n) is 4.26. The molecule has 0 spiro atoms. The summed E-state index contributed by atoms with van der Waals surface area (Å²) in [5, 5.41) is 14.5. The van der Waals surface area contributed by atoms with Crippen molar-refractivity contribution >= 4 is 17.7 Å². The number of likely N-dealkylation sites (tertiary alicyclic amines) is 1. The summed E-state index contributed by atoms with van der Waals surface area (Å²) in [6.45, 7) is 2.58. The maximum Gasteiger partial charge on any atom is 0.321 e. The largest absolute Gasteiger partial charge is 0.336 e. The monoisotopic (exact) mass is 313 g/mol. The highest BCUT2D eigenvalue weighted by molar-refractivity contribution is 5.89. The normalized spacial score (nSPS) is 20.8. The molecule has 2 aliphatic rings. The second-order valence-corrected chi connectivity index (χ2v) is 5.79. The predicted octanol–water partition coefficient (Wildman–Crippen LogP) is 1.58. The molecule has 1 aromatic carbocycles. The van der Waals surface area contributed by atoms with Crippen LogP contribution in [0.25, 0.3) is 0 Å². The van der Waals surface area contributed by atoms with Crippen molar-refractivity contribution in [2.75, 3.05) is 31.5 Å². The van der Waals surface area contributed by atoms with Crippen LogP contribution in [0.15, 0.2) is 24.3 Å². The van der Waals surface area contributed by atoms with Crippen molar-refractivity contribution in [3.63, 3.8) is 0 Å². The standard InChI is InChI=1S/C16H19N5O2/c17-10-12-3-1-4-13(9-12)19-16(23)20-7-2-5-14(11-20)21-8-6-18-15(21)22/h1,3-4,9,14H,2,5-8,11H2,(H,18,22)(H,19,23)/t14-/m1/s1. The molecule has 7 nitrogen and oxygen atoms in total. The van der Waals surface area contributed by atoms with Crippen molar-refractivity contribution in [2.45, 2.75) is 18.9 Å². The molecule has 0 saturated carbocycles. The fraction of sp³-hybridized carbons (Fsp3) is 0.438. The van der Waals surface area contributed by atoms with Gasteiger partial charge in [-0.1, -0.05) is 6.07 Å². The fourth-order valence-electron chi connectivity index (χ4n) is 3.10. The third kappa shape index (κ3) is 3.37. The van der Waals surface area contributed by atoms with Gasteiger partial charge >= 0.3 is 12.1 Å². The number of nitrogens with zero attached hydrogens (tertiary/aromatic N) is 3. The van der Waals surface area contributed by atoms with E-state index in [4.69, 9.17) is 5.26 Å². The molecule has 1 aromatic rings. The zero-order chi connectivity index (χ0) is 16.2. The van der Waals surface area contributed by atoms with Gasteiger partial charge in [-0.25, -0.2) is 9.59 Å². The van der Waals surface area contributed by atoms with E-state index in [0.717, 1.165) is 12.8 Å². The van der Waals surface area contributed by atoms with Crippen LogP contribution in [0.1, 0.15) is 18.4 Å². The number of amides is 4. The molecule has 2 heterocycles. The van der Waals surface area contributed by atoms with Gasteiger partial charge in [-0.3, -0.25) is 0 Å². The quantitative estimate of drug-likeness (QED) is 0.869. The van der Waals surface area contributed by atoms with Gasteiger partial charge in [-0.2, -0.15) is 5.26 Å². The van der Waals surface area contributed by atoms with Crippen molar-refractivity contribution in [1.29, 1.82) is 5.26 Å². The Morgan fingerprint density at radius 2 is 2.26 bits per heavy atom. The average Bonchev–Trinajstić information content (AvgIpc) is 3.01. The first-order valence-corrected chi connectivity index (χ1v) is 7.78. The molecule has 1 atom stereocenters. The number of hydrogen-bond acceptors (Lipinski definition) is 3. The Labute approximate surface area is 134 Å². The minimum Gasteiger partial charge on any atom is -0.336 e. The van der Waals surface area contributed by atoms with Gasteiger partial charge in [-0.05, 0) is 31.0 Å². The summed E-state index contributed by atoms with van der Waals surface area (Å²) in [4.78, 5) is 27.7. The fourth-order valence-corrected chi connectivity index (χ4v) is 3.10. The second-order valence-electron chi connectivity index (χ2n) is 5.79. The highest BCUT2D eigenvalue weighted by Crippen LogP contribution is 2.19. The molecule has 4 amide bonds. The number of piperidine rings is 1. The number of nitrogens with one attached hydrogen (secondary N) is 2. The summed E-state index contributed by atoms with van der Waals surface area (Å²) in [6.07, 6.45) is 1.79. The van der Waals surface area contributed by atoms with Gasteiger partial charge in [0.1, 0.15) is 0 Å². The first-order chi connectivity index (χ1) is 11.2. The summed E-state index contributed by atoms with van der Waals surface area (Å²) in [5.74, 6) is 0. The molecule has 0 radical (unpaired) electrons. The molecule has 3 rings (SSSR count). The molecule has 0 unspecified atom stereocenters. The van der Waals surface area contributed by atoms with E-state index in [9.17, 15) is 9.59 Å². The zero-order valence-corrected chi connectivity index (χ0v) is 12.8. The molecule has 0 aliphatic carbocycles. The lowest BCUT2D eigenvalue weighted by Gasteiger charge is -2.36. The second kappa shape index (κ2) is 6.57. The maximum atomic E-state index is 12.4. The van der Waals surface area contributed by atoms with Gasteiger partial charge in [0.15, 0.2) is 0 Å². The highest BCUT2D eigenvalue weighted by atomic mass is 16.2. The van der Waals surface area contributed by atoms with Crippen LogP contribution in [0.5, 0.6) is 0 Å². The Morgan fingerprint density at radius 3 is 3.00 bits per heavy atom. The highest BCUT2D eigenvalue weighted by Gasteiger charge is 2.32. The van der Waals surface area contributed by atoms with Crippen LogP contribution in [0.4, 0.5) is 15.3 Å². The van der Waals surface area contributed by atoms with E-state index in [1.807, 2.05) is 4.90 Å². The molecule has 2 fully saturated rings. The lowest BCUT2D eigenvalue weighted by Crippen LogP contribution is -2.51. The Kier molecular flexibility index (Phi) is 4.33. The molecule has 0 bridgehead atoms. The molecular formula is C16H19N5O2. The average molecular weight is 313 g/mol. The summed E-state index contributed by atoms with van der Waals surface area (Å²) in [5.41, 5.74) is 1.11. The number of urea groups is 2. The summed E-state index contributed by atoms with van der Waals surface area (Å²) < 4.78 is 0. The number of carbonyl (C=O) groups is 2. The molecule has 120 valence electrons. The zero-order valence-electron chi connectivity index (χ0n) is 12.8. The molecular weight excluding hydrogens is 294 g/mol. The first kappa shape index (κ1) is 15.2. The van der Waals surface area contributed by atoms with Crippen LogP contribution >= 0.6 is 0 Å². The Morgan fingerprint density at radius 1 is 1.39 bits per heavy atom. The minimum absolute atomic E-state index is 0.0426. The number of anilines is 1. The van der Waals surface area contributed by atoms with Crippen molar-refractivity contribution < 1.29 is 9.59 Å². The molecule has 2 aliphatic heterocycles. The maximum absolute atomic E-state index is 12.4. The summed E-state index contributed by atoms with van der Waals surface area (Å²) in [7, 11) is 0. The van der Waals surface area contributed by atoms with E-state index in [1.54, 1.807) is 29.2 Å². The predicted molar refractivity (Wildman–Crippen MR) is 84.9 cm³/mol. The van der Waals surface area contributed by atoms with E-state index >= 15 is 0 Å².